The number of Topliss-reactive ketones (excluding diaryl/α,β-unsaturated/α-hetero) is 1. The number of carbonyl (C=O) groups excluding carboxylic acids is 1. The lowest BCUT2D eigenvalue weighted by Crippen LogP contribution is -2.30. The Hall–Kier alpha value is -1.91. The van der Waals surface area contributed by atoms with Crippen molar-refractivity contribution in [3.8, 4) is 5.75 Å². The number of hydrogen-bond donors (Lipinski definition) is 0. The summed E-state index contributed by atoms with van der Waals surface area (Å²) >= 11 is 0. The van der Waals surface area contributed by atoms with Crippen LogP contribution >= 0.6 is 12.4 Å². The van der Waals surface area contributed by atoms with E-state index in [9.17, 15) is 9.18 Å². The van der Waals surface area contributed by atoms with E-state index in [4.69, 9.17) is 4.74 Å². The van der Waals surface area contributed by atoms with Crippen LogP contribution in [0.1, 0.15) is 34.7 Å². The molecule has 1 fully saturated rings. The molecule has 1 aliphatic heterocycles. The molecular weight excluding hydrogens is 341 g/mol. The van der Waals surface area contributed by atoms with Crippen LogP contribution in [0.5, 0.6) is 5.75 Å². The molecule has 1 atom stereocenters. The molecule has 25 heavy (non-hydrogen) atoms. The minimum atomic E-state index is -0.503. The molecular formula is C20H23ClFNO2. The first-order valence-electron chi connectivity index (χ1n) is 8.34. The molecule has 0 aliphatic carbocycles. The Morgan fingerprint density at radius 2 is 1.84 bits per heavy atom. The van der Waals surface area contributed by atoms with Gasteiger partial charge in [-0.05, 0) is 49.7 Å². The maximum absolute atomic E-state index is 14.0. The summed E-state index contributed by atoms with van der Waals surface area (Å²) in [5, 5.41) is 0. The van der Waals surface area contributed by atoms with E-state index in [2.05, 4.69) is 4.90 Å². The molecule has 5 heteroatoms. The monoisotopic (exact) mass is 363 g/mol. The summed E-state index contributed by atoms with van der Waals surface area (Å²) in [6.45, 7) is 2.72. The van der Waals surface area contributed by atoms with Crippen LogP contribution in [0.15, 0.2) is 48.5 Å². The fourth-order valence-corrected chi connectivity index (χ4v) is 3.27. The van der Waals surface area contributed by atoms with Crippen molar-refractivity contribution in [2.24, 2.45) is 0 Å². The summed E-state index contributed by atoms with van der Waals surface area (Å²) in [4.78, 5) is 15.4. The van der Waals surface area contributed by atoms with Crippen LogP contribution in [0, 0.1) is 5.82 Å². The van der Waals surface area contributed by atoms with Gasteiger partial charge < -0.3 is 9.64 Å². The second-order valence-electron chi connectivity index (χ2n) is 6.18. The number of ether oxygens (including phenoxy) is 1. The highest BCUT2D eigenvalue weighted by molar-refractivity contribution is 6.01. The molecule has 1 unspecified atom stereocenters. The summed E-state index contributed by atoms with van der Waals surface area (Å²) in [7, 11) is 1.42. The van der Waals surface area contributed by atoms with Gasteiger partial charge in [-0.1, -0.05) is 30.3 Å². The van der Waals surface area contributed by atoms with Crippen molar-refractivity contribution >= 4 is 18.2 Å². The molecule has 1 heterocycles. The lowest BCUT2D eigenvalue weighted by Gasteiger charge is -2.23. The first kappa shape index (κ1) is 19.4. The summed E-state index contributed by atoms with van der Waals surface area (Å²) in [6.07, 6.45) is 2.35. The predicted octanol–water partition coefficient (Wildman–Crippen LogP) is 4.32. The molecule has 0 radical (unpaired) electrons. The summed E-state index contributed by atoms with van der Waals surface area (Å²) in [6, 6.07) is 14.2. The van der Waals surface area contributed by atoms with Crippen molar-refractivity contribution in [3.05, 3.63) is 65.5 Å². The third-order valence-corrected chi connectivity index (χ3v) is 4.59. The van der Waals surface area contributed by atoms with Crippen molar-refractivity contribution < 1.29 is 13.9 Å². The van der Waals surface area contributed by atoms with E-state index in [1.807, 2.05) is 30.3 Å². The fourth-order valence-electron chi connectivity index (χ4n) is 3.27. The van der Waals surface area contributed by atoms with Crippen LogP contribution in [0.25, 0.3) is 0 Å². The second kappa shape index (κ2) is 8.97. The molecule has 2 aromatic rings. The van der Waals surface area contributed by atoms with Gasteiger partial charge in [0.25, 0.3) is 0 Å². The Kier molecular flexibility index (Phi) is 6.97. The van der Waals surface area contributed by atoms with Gasteiger partial charge >= 0.3 is 0 Å². The van der Waals surface area contributed by atoms with E-state index in [-0.39, 0.29) is 29.9 Å². The van der Waals surface area contributed by atoms with Crippen molar-refractivity contribution in [1.29, 1.82) is 0 Å². The average molecular weight is 364 g/mol. The quantitative estimate of drug-likeness (QED) is 0.716. The molecule has 1 aliphatic rings. The minimum absolute atomic E-state index is 0. The number of nitrogens with zero attached hydrogens (tertiary/aromatic N) is 1. The van der Waals surface area contributed by atoms with E-state index in [1.54, 1.807) is 6.07 Å². The van der Waals surface area contributed by atoms with Gasteiger partial charge in [0.2, 0.25) is 0 Å². The van der Waals surface area contributed by atoms with Gasteiger partial charge in [0.1, 0.15) is 0 Å². The largest absolute Gasteiger partial charge is 0.494 e. The van der Waals surface area contributed by atoms with Crippen LogP contribution in [0.4, 0.5) is 4.39 Å². The Balaban J connectivity index is 0.00000225. The van der Waals surface area contributed by atoms with Crippen molar-refractivity contribution in [3.63, 3.8) is 0 Å². The van der Waals surface area contributed by atoms with Crippen LogP contribution in [-0.2, 0) is 0 Å². The topological polar surface area (TPSA) is 29.5 Å². The fraction of sp³-hybridized carbons (Fsp3) is 0.350. The molecule has 0 aromatic heterocycles. The second-order valence-corrected chi connectivity index (χ2v) is 6.18. The minimum Gasteiger partial charge on any atom is -0.494 e. The first-order valence-corrected chi connectivity index (χ1v) is 8.34. The van der Waals surface area contributed by atoms with Crippen LogP contribution in [-0.4, -0.2) is 37.4 Å². The molecule has 2 aromatic carbocycles. The predicted molar refractivity (Wildman–Crippen MR) is 99.4 cm³/mol. The average Bonchev–Trinajstić information content (AvgIpc) is 3.13. The third kappa shape index (κ3) is 4.59. The van der Waals surface area contributed by atoms with Crippen molar-refractivity contribution in [1.82, 2.24) is 4.90 Å². The molecule has 3 nitrogen and oxygen atoms in total. The number of rotatable bonds is 6. The summed E-state index contributed by atoms with van der Waals surface area (Å²) < 4.78 is 18.9. The van der Waals surface area contributed by atoms with Gasteiger partial charge in [-0.3, -0.25) is 4.79 Å². The number of methoxy groups -OCH3 is 1. The molecule has 0 amide bonds. The lowest BCUT2D eigenvalue weighted by molar-refractivity contribution is 0.0939. The number of carbonyl (C=O) groups is 1. The van der Waals surface area contributed by atoms with Gasteiger partial charge in [-0.2, -0.15) is 0 Å². The molecule has 134 valence electrons. The van der Waals surface area contributed by atoms with E-state index in [0.29, 0.717) is 12.1 Å². The van der Waals surface area contributed by atoms with E-state index < -0.39 is 5.82 Å². The molecule has 0 N–H and O–H groups in total. The smallest absolute Gasteiger partial charge is 0.171 e. The Morgan fingerprint density at radius 3 is 2.44 bits per heavy atom. The van der Waals surface area contributed by atoms with Crippen LogP contribution in [0.2, 0.25) is 0 Å². The molecule has 3 rings (SSSR count). The highest BCUT2D eigenvalue weighted by atomic mass is 35.5. The summed E-state index contributed by atoms with van der Waals surface area (Å²) in [5.41, 5.74) is 1.37. The van der Waals surface area contributed by atoms with E-state index in [0.717, 1.165) is 18.7 Å². The maximum atomic E-state index is 14.0. The standard InChI is InChI=1S/C20H22FNO2.ClH/c1-24-19-10-9-16(13-18(19)21)20(23)17(14-22-11-5-6-12-22)15-7-3-2-4-8-15;/h2-4,7-10,13,17H,5-6,11-12,14H2,1H3;1H. The van der Waals surface area contributed by atoms with Gasteiger partial charge in [0.05, 0.1) is 13.0 Å². The number of halogens is 2. The zero-order valence-electron chi connectivity index (χ0n) is 14.3. The zero-order valence-corrected chi connectivity index (χ0v) is 15.1. The van der Waals surface area contributed by atoms with Gasteiger partial charge in [0.15, 0.2) is 17.3 Å². The SMILES string of the molecule is COc1ccc(C(=O)C(CN2CCCC2)c2ccccc2)cc1F.Cl. The van der Waals surface area contributed by atoms with Crippen LogP contribution in [0.3, 0.4) is 0 Å². The van der Waals surface area contributed by atoms with Gasteiger partial charge in [0, 0.05) is 12.1 Å². The van der Waals surface area contributed by atoms with Gasteiger partial charge in [-0.25, -0.2) is 4.39 Å². The maximum Gasteiger partial charge on any atom is 0.171 e. The normalized spacial score (nSPS) is 15.4. The van der Waals surface area contributed by atoms with E-state index in [1.165, 1.54) is 32.1 Å². The van der Waals surface area contributed by atoms with Gasteiger partial charge in [-0.15, -0.1) is 12.4 Å². The highest BCUT2D eigenvalue weighted by Gasteiger charge is 2.26. The highest BCUT2D eigenvalue weighted by Crippen LogP contribution is 2.26. The lowest BCUT2D eigenvalue weighted by atomic mass is 9.90. The van der Waals surface area contributed by atoms with Crippen molar-refractivity contribution in [2.45, 2.75) is 18.8 Å². The Labute approximate surface area is 154 Å². The molecule has 1 saturated heterocycles. The summed E-state index contributed by atoms with van der Waals surface area (Å²) in [5.74, 6) is -0.676. The zero-order chi connectivity index (χ0) is 16.9. The number of likely N-dealkylation sites (tertiary alicyclic amines) is 1. The van der Waals surface area contributed by atoms with Crippen LogP contribution < -0.4 is 4.74 Å². The number of benzene rings is 2. The molecule has 0 spiro atoms. The van der Waals surface area contributed by atoms with E-state index >= 15 is 0 Å². The Bertz CT molecular complexity index is 702. The van der Waals surface area contributed by atoms with Crippen molar-refractivity contribution in [2.75, 3.05) is 26.7 Å². The third-order valence-electron chi connectivity index (χ3n) is 4.59. The Morgan fingerprint density at radius 1 is 1.16 bits per heavy atom. The number of ketones is 1. The molecule has 0 bridgehead atoms. The number of hydrogen-bond acceptors (Lipinski definition) is 3. The first-order chi connectivity index (χ1) is 11.7. The molecule has 0 saturated carbocycles.